The molecule has 25 heavy (non-hydrogen) atoms. The summed E-state index contributed by atoms with van der Waals surface area (Å²) in [5, 5.41) is 8.98. The van der Waals surface area contributed by atoms with E-state index in [1.54, 1.807) is 0 Å². The van der Waals surface area contributed by atoms with Gasteiger partial charge in [0.05, 0.1) is 19.8 Å². The minimum Gasteiger partial charge on any atom is -0.379 e. The summed E-state index contributed by atoms with van der Waals surface area (Å²) in [4.78, 5) is 8.71. The zero-order valence-electron chi connectivity index (χ0n) is 15.9. The van der Waals surface area contributed by atoms with Crippen LogP contribution in [0, 0.1) is 0 Å². The van der Waals surface area contributed by atoms with Gasteiger partial charge in [-0.25, -0.2) is 0 Å². The highest BCUT2D eigenvalue weighted by atomic mass is 127. The second-order valence-electron chi connectivity index (χ2n) is 6.90. The molecule has 2 rings (SSSR count). The third-order valence-corrected chi connectivity index (χ3v) is 5.54. The summed E-state index contributed by atoms with van der Waals surface area (Å²) < 4.78 is 5.46. The van der Waals surface area contributed by atoms with Crippen LogP contribution in [0.1, 0.15) is 38.5 Å². The molecule has 1 unspecified atom stereocenters. The maximum atomic E-state index is 5.46. The van der Waals surface area contributed by atoms with Gasteiger partial charge in [-0.15, -0.1) is 35.3 Å². The molecule has 0 aromatic carbocycles. The Hall–Kier alpha value is -0.380. The van der Waals surface area contributed by atoms with Gasteiger partial charge in [0, 0.05) is 42.5 Å². The van der Waals surface area contributed by atoms with Crippen LogP contribution >= 0.6 is 35.3 Å². The number of nitrogens with zero attached hydrogens (tertiary/aromatic N) is 2. The van der Waals surface area contributed by atoms with E-state index in [-0.39, 0.29) is 29.5 Å². The largest absolute Gasteiger partial charge is 0.379 e. The fraction of sp³-hybridized carbons (Fsp3) is 0.722. The van der Waals surface area contributed by atoms with Crippen LogP contribution in [-0.4, -0.2) is 62.3 Å². The highest BCUT2D eigenvalue weighted by Crippen LogP contribution is 2.20. The highest BCUT2D eigenvalue weighted by Gasteiger charge is 2.28. The summed E-state index contributed by atoms with van der Waals surface area (Å²) in [5.74, 6) is 1.39. The van der Waals surface area contributed by atoms with Gasteiger partial charge in [-0.2, -0.15) is 0 Å². The van der Waals surface area contributed by atoms with E-state index in [1.165, 1.54) is 4.88 Å². The van der Waals surface area contributed by atoms with Gasteiger partial charge in [-0.05, 0) is 32.2 Å². The Morgan fingerprint density at radius 2 is 2.08 bits per heavy atom. The molecule has 1 aromatic rings. The standard InChI is InChI=1S/C18H32N4OS.HI/c1-5-19-17(20-13-15(2)16-7-6-12-24-16)21-14-18(3,4)22-8-10-23-11-9-22;/h6-7,12,15H,5,8-11,13-14H2,1-4H3,(H2,19,20,21);1H. The van der Waals surface area contributed by atoms with Crippen molar-refractivity contribution >= 4 is 41.3 Å². The monoisotopic (exact) mass is 480 g/mol. The summed E-state index contributed by atoms with van der Waals surface area (Å²) in [6, 6.07) is 4.31. The molecular weight excluding hydrogens is 447 g/mol. The molecule has 1 aliphatic rings. The molecule has 0 spiro atoms. The van der Waals surface area contributed by atoms with Crippen molar-refractivity contribution in [2.24, 2.45) is 4.99 Å². The molecule has 7 heteroatoms. The fourth-order valence-corrected chi connectivity index (χ4v) is 3.59. The summed E-state index contributed by atoms with van der Waals surface area (Å²) in [6.07, 6.45) is 0. The van der Waals surface area contributed by atoms with Crippen LogP contribution in [0.2, 0.25) is 0 Å². The number of hydrogen-bond donors (Lipinski definition) is 2. The van der Waals surface area contributed by atoms with E-state index in [2.05, 4.69) is 60.7 Å². The van der Waals surface area contributed by atoms with E-state index in [0.29, 0.717) is 5.92 Å². The van der Waals surface area contributed by atoms with E-state index in [9.17, 15) is 0 Å². The van der Waals surface area contributed by atoms with Crippen LogP contribution in [0.3, 0.4) is 0 Å². The van der Waals surface area contributed by atoms with Crippen LogP contribution in [0.25, 0.3) is 0 Å². The first-order valence-electron chi connectivity index (χ1n) is 8.91. The molecule has 0 radical (unpaired) electrons. The predicted octanol–water partition coefficient (Wildman–Crippen LogP) is 3.14. The summed E-state index contributed by atoms with van der Waals surface area (Å²) in [5.41, 5.74) is 0.0471. The zero-order chi connectivity index (χ0) is 17.4. The van der Waals surface area contributed by atoms with Crippen LogP contribution in [0.15, 0.2) is 22.5 Å². The molecule has 1 aliphatic heterocycles. The lowest BCUT2D eigenvalue weighted by molar-refractivity contribution is -0.00683. The second-order valence-corrected chi connectivity index (χ2v) is 7.88. The van der Waals surface area contributed by atoms with Crippen molar-refractivity contribution < 1.29 is 4.74 Å². The first kappa shape index (κ1) is 22.7. The van der Waals surface area contributed by atoms with Crippen LogP contribution in [0.5, 0.6) is 0 Å². The Labute approximate surface area is 173 Å². The first-order valence-corrected chi connectivity index (χ1v) is 9.79. The molecular formula is C18H33IN4OS. The third kappa shape index (κ3) is 7.40. The van der Waals surface area contributed by atoms with Gasteiger partial charge in [0.25, 0.3) is 0 Å². The van der Waals surface area contributed by atoms with Crippen LogP contribution in [-0.2, 0) is 4.74 Å². The summed E-state index contributed by atoms with van der Waals surface area (Å²) in [6.45, 7) is 15.0. The van der Waals surface area contributed by atoms with E-state index in [1.807, 2.05) is 11.3 Å². The maximum Gasteiger partial charge on any atom is 0.191 e. The molecule has 0 bridgehead atoms. The van der Waals surface area contributed by atoms with Crippen LogP contribution in [0.4, 0.5) is 0 Å². The molecule has 1 fully saturated rings. The van der Waals surface area contributed by atoms with Crippen LogP contribution < -0.4 is 10.6 Å². The van der Waals surface area contributed by atoms with E-state index < -0.39 is 0 Å². The normalized spacial score (nSPS) is 17.7. The Balaban J connectivity index is 0.00000312. The van der Waals surface area contributed by atoms with Gasteiger partial charge in [0.1, 0.15) is 0 Å². The van der Waals surface area contributed by atoms with E-state index in [4.69, 9.17) is 9.73 Å². The number of guanidine groups is 1. The van der Waals surface area contributed by atoms with Gasteiger partial charge in [0.2, 0.25) is 0 Å². The van der Waals surface area contributed by atoms with Gasteiger partial charge in [0.15, 0.2) is 5.96 Å². The SMILES string of the molecule is CCNC(=NCC(C)(C)N1CCOCC1)NCC(C)c1cccs1.I. The van der Waals surface area contributed by atoms with Crippen molar-refractivity contribution in [3.63, 3.8) is 0 Å². The molecule has 0 amide bonds. The lowest BCUT2D eigenvalue weighted by Crippen LogP contribution is -2.52. The van der Waals surface area contributed by atoms with Gasteiger partial charge in [-0.1, -0.05) is 13.0 Å². The highest BCUT2D eigenvalue weighted by molar-refractivity contribution is 14.0. The second kappa shape index (κ2) is 11.4. The minimum atomic E-state index is 0. The fourth-order valence-electron chi connectivity index (χ4n) is 2.80. The Morgan fingerprint density at radius 3 is 2.68 bits per heavy atom. The number of ether oxygens (including phenoxy) is 1. The van der Waals surface area contributed by atoms with Crippen molar-refractivity contribution in [3.05, 3.63) is 22.4 Å². The number of aliphatic imine (C=N–C) groups is 1. The molecule has 2 N–H and O–H groups in total. The number of hydrogen-bond acceptors (Lipinski definition) is 4. The zero-order valence-corrected chi connectivity index (χ0v) is 19.0. The van der Waals surface area contributed by atoms with Gasteiger partial charge in [-0.3, -0.25) is 9.89 Å². The third-order valence-electron chi connectivity index (χ3n) is 4.44. The average Bonchev–Trinajstić information content (AvgIpc) is 3.12. The number of halogens is 1. The van der Waals surface area contributed by atoms with Crippen molar-refractivity contribution in [1.29, 1.82) is 0 Å². The molecule has 1 aromatic heterocycles. The number of morpholine rings is 1. The van der Waals surface area contributed by atoms with Crippen molar-refractivity contribution in [1.82, 2.24) is 15.5 Å². The number of thiophene rings is 1. The Kier molecular flexibility index (Phi) is 10.3. The smallest absolute Gasteiger partial charge is 0.191 e. The first-order chi connectivity index (χ1) is 11.5. The molecule has 1 saturated heterocycles. The molecule has 0 aliphatic carbocycles. The summed E-state index contributed by atoms with van der Waals surface area (Å²) >= 11 is 1.81. The Bertz CT molecular complexity index is 501. The molecule has 5 nitrogen and oxygen atoms in total. The molecule has 144 valence electrons. The molecule has 0 saturated carbocycles. The lowest BCUT2D eigenvalue weighted by Gasteiger charge is -2.39. The van der Waals surface area contributed by atoms with Gasteiger partial charge < -0.3 is 15.4 Å². The predicted molar refractivity (Wildman–Crippen MR) is 119 cm³/mol. The lowest BCUT2D eigenvalue weighted by atomic mass is 10.0. The van der Waals surface area contributed by atoms with Crippen molar-refractivity contribution in [3.8, 4) is 0 Å². The quantitative estimate of drug-likeness (QED) is 0.358. The topological polar surface area (TPSA) is 48.9 Å². The number of nitrogens with one attached hydrogen (secondary N) is 2. The van der Waals surface area contributed by atoms with E-state index >= 15 is 0 Å². The minimum absolute atomic E-state index is 0. The van der Waals surface area contributed by atoms with Crippen molar-refractivity contribution in [2.75, 3.05) is 45.9 Å². The molecule has 1 atom stereocenters. The Morgan fingerprint density at radius 1 is 1.36 bits per heavy atom. The number of rotatable bonds is 7. The summed E-state index contributed by atoms with van der Waals surface area (Å²) in [7, 11) is 0. The van der Waals surface area contributed by atoms with E-state index in [0.717, 1.165) is 51.9 Å². The maximum absolute atomic E-state index is 5.46. The van der Waals surface area contributed by atoms with Gasteiger partial charge >= 0.3 is 0 Å². The molecule has 2 heterocycles. The average molecular weight is 480 g/mol. The van der Waals surface area contributed by atoms with Crippen molar-refractivity contribution in [2.45, 2.75) is 39.2 Å².